The first-order valence-electron chi connectivity index (χ1n) is 8.84. The minimum absolute atomic E-state index is 0.365. The number of hydrogen-bond donors (Lipinski definition) is 2. The van der Waals surface area contributed by atoms with Crippen LogP contribution in [0.5, 0.6) is 5.75 Å². The van der Waals surface area contributed by atoms with Gasteiger partial charge in [0.25, 0.3) is 0 Å². The van der Waals surface area contributed by atoms with Gasteiger partial charge in [0.1, 0.15) is 24.7 Å². The zero-order valence-corrected chi connectivity index (χ0v) is 17.2. The summed E-state index contributed by atoms with van der Waals surface area (Å²) in [7, 11) is 0. The first kappa shape index (κ1) is 19.6. The summed E-state index contributed by atoms with van der Waals surface area (Å²) in [5, 5.41) is 11.7. The molecule has 3 rings (SSSR count). The molecule has 0 bridgehead atoms. The Hall–Kier alpha value is -2.19. The van der Waals surface area contributed by atoms with Gasteiger partial charge in [-0.05, 0) is 35.8 Å². The molecule has 0 fully saturated rings. The van der Waals surface area contributed by atoms with Crippen LogP contribution in [0, 0.1) is 0 Å². The van der Waals surface area contributed by atoms with Crippen LogP contribution in [0.2, 0.25) is 0 Å². The standard InChI is InChI=1S/C19H23BrN4O3/c1-4-15-23-24-18(27-15)17-19(3,13(10-25)11(2)22-17)12-6-5-7-14(20)16(12)26-9-8-21/h5-7,10,17,22H,4,8-9,21H2,1-3H3. The van der Waals surface area contributed by atoms with Crippen molar-refractivity contribution >= 4 is 22.2 Å². The molecule has 0 spiro atoms. The Morgan fingerprint density at radius 3 is 2.85 bits per heavy atom. The fourth-order valence-corrected chi connectivity index (χ4v) is 4.04. The Bertz CT molecular complexity index is 880. The quantitative estimate of drug-likeness (QED) is 0.645. The van der Waals surface area contributed by atoms with Gasteiger partial charge in [-0.1, -0.05) is 19.1 Å². The molecule has 27 heavy (non-hydrogen) atoms. The van der Waals surface area contributed by atoms with Gasteiger partial charge in [-0.25, -0.2) is 0 Å². The lowest BCUT2D eigenvalue weighted by Gasteiger charge is -2.33. The van der Waals surface area contributed by atoms with Crippen LogP contribution >= 0.6 is 15.9 Å². The van der Waals surface area contributed by atoms with Crippen molar-refractivity contribution in [1.82, 2.24) is 15.5 Å². The molecule has 0 saturated heterocycles. The molecule has 0 amide bonds. The predicted molar refractivity (Wildman–Crippen MR) is 104 cm³/mol. The Morgan fingerprint density at radius 2 is 2.22 bits per heavy atom. The number of aryl methyl sites for hydroxylation is 1. The molecular formula is C19H23BrN4O3. The van der Waals surface area contributed by atoms with Gasteiger partial charge in [0.05, 0.1) is 9.89 Å². The molecular weight excluding hydrogens is 412 g/mol. The van der Waals surface area contributed by atoms with Crippen molar-refractivity contribution < 1.29 is 13.9 Å². The van der Waals surface area contributed by atoms with Gasteiger partial charge < -0.3 is 20.2 Å². The first-order chi connectivity index (χ1) is 13.0. The highest BCUT2D eigenvalue weighted by Crippen LogP contribution is 2.51. The van der Waals surface area contributed by atoms with Crippen molar-refractivity contribution in [3.05, 3.63) is 51.3 Å². The summed E-state index contributed by atoms with van der Waals surface area (Å²) in [6.07, 6.45) is 1.53. The van der Waals surface area contributed by atoms with E-state index in [2.05, 4.69) is 31.4 Å². The fourth-order valence-electron chi connectivity index (χ4n) is 3.56. The van der Waals surface area contributed by atoms with Crippen molar-refractivity contribution in [1.29, 1.82) is 0 Å². The molecule has 1 aliphatic rings. The third-order valence-electron chi connectivity index (χ3n) is 4.94. The number of hydrogen-bond acceptors (Lipinski definition) is 7. The van der Waals surface area contributed by atoms with E-state index in [4.69, 9.17) is 14.9 Å². The van der Waals surface area contributed by atoms with Gasteiger partial charge in [-0.2, -0.15) is 0 Å². The highest BCUT2D eigenvalue weighted by molar-refractivity contribution is 9.10. The zero-order chi connectivity index (χ0) is 19.6. The number of nitrogens with zero attached hydrogens (tertiary/aromatic N) is 2. The number of allylic oxidation sites excluding steroid dienone is 1. The number of nitrogens with two attached hydrogens (primary N) is 1. The molecule has 3 N–H and O–H groups in total. The van der Waals surface area contributed by atoms with E-state index in [0.29, 0.717) is 42.7 Å². The summed E-state index contributed by atoms with van der Waals surface area (Å²) in [4.78, 5) is 12.0. The van der Waals surface area contributed by atoms with E-state index < -0.39 is 5.41 Å². The monoisotopic (exact) mass is 434 g/mol. The second kappa shape index (κ2) is 7.82. The summed E-state index contributed by atoms with van der Waals surface area (Å²) in [5.74, 6) is 1.65. The molecule has 0 radical (unpaired) electrons. The van der Waals surface area contributed by atoms with E-state index in [0.717, 1.165) is 22.0 Å². The molecule has 144 valence electrons. The van der Waals surface area contributed by atoms with Crippen molar-refractivity contribution in [3.63, 3.8) is 0 Å². The van der Waals surface area contributed by atoms with E-state index in [-0.39, 0.29) is 6.04 Å². The fraction of sp³-hybridized carbons (Fsp3) is 0.421. The minimum Gasteiger partial charge on any atom is -0.491 e. The summed E-state index contributed by atoms with van der Waals surface area (Å²) < 4.78 is 12.5. The van der Waals surface area contributed by atoms with Gasteiger partial charge >= 0.3 is 0 Å². The third-order valence-corrected chi connectivity index (χ3v) is 5.57. The summed E-state index contributed by atoms with van der Waals surface area (Å²) in [5.41, 5.74) is 7.12. The number of halogens is 1. The molecule has 2 unspecified atom stereocenters. The highest BCUT2D eigenvalue weighted by atomic mass is 79.9. The Morgan fingerprint density at radius 1 is 1.44 bits per heavy atom. The van der Waals surface area contributed by atoms with Crippen LogP contribution in [0.1, 0.15) is 44.2 Å². The molecule has 2 heterocycles. The molecule has 7 nitrogen and oxygen atoms in total. The number of carbonyl (C=O) groups excluding carboxylic acids is 1. The topological polar surface area (TPSA) is 103 Å². The normalized spacial score (nSPS) is 22.0. The van der Waals surface area contributed by atoms with Gasteiger partial charge in [0.15, 0.2) is 0 Å². The lowest BCUT2D eigenvalue weighted by atomic mass is 9.72. The minimum atomic E-state index is -0.753. The van der Waals surface area contributed by atoms with E-state index in [1.54, 1.807) is 0 Å². The number of nitrogens with one attached hydrogen (secondary N) is 1. The lowest BCUT2D eigenvalue weighted by Crippen LogP contribution is -2.35. The third kappa shape index (κ3) is 3.27. The van der Waals surface area contributed by atoms with E-state index in [1.165, 1.54) is 0 Å². The second-order valence-electron chi connectivity index (χ2n) is 6.58. The highest BCUT2D eigenvalue weighted by Gasteiger charge is 2.50. The van der Waals surface area contributed by atoms with Crippen LogP contribution in [-0.4, -0.2) is 29.6 Å². The molecule has 0 saturated carbocycles. The van der Waals surface area contributed by atoms with Crippen LogP contribution in [0.25, 0.3) is 0 Å². The SMILES string of the molecule is CCc1nnc(C2NC(C)=C(C=O)C2(C)c2cccc(Br)c2OCCN)o1. The van der Waals surface area contributed by atoms with Gasteiger partial charge in [-0.15, -0.1) is 10.2 Å². The van der Waals surface area contributed by atoms with Crippen LogP contribution in [-0.2, 0) is 16.6 Å². The van der Waals surface area contributed by atoms with Crippen LogP contribution in [0.15, 0.2) is 38.4 Å². The predicted octanol–water partition coefficient (Wildman–Crippen LogP) is 2.81. The maximum atomic E-state index is 12.0. The first-order valence-corrected chi connectivity index (χ1v) is 9.63. The average molecular weight is 435 g/mol. The summed E-state index contributed by atoms with van der Waals surface area (Å²) in [6.45, 7) is 6.56. The van der Waals surface area contributed by atoms with E-state index in [1.807, 2.05) is 39.0 Å². The molecule has 2 aromatic rings. The van der Waals surface area contributed by atoms with E-state index >= 15 is 0 Å². The van der Waals surface area contributed by atoms with Crippen LogP contribution in [0.4, 0.5) is 0 Å². The summed E-state index contributed by atoms with van der Waals surface area (Å²) in [6, 6.07) is 5.37. The number of aromatic nitrogens is 2. The number of benzene rings is 1. The number of aldehydes is 1. The Balaban J connectivity index is 2.18. The van der Waals surface area contributed by atoms with Crippen LogP contribution in [0.3, 0.4) is 0 Å². The van der Waals surface area contributed by atoms with E-state index in [9.17, 15) is 4.79 Å². The molecule has 2 atom stereocenters. The molecule has 8 heteroatoms. The van der Waals surface area contributed by atoms with Crippen molar-refractivity contribution in [3.8, 4) is 5.75 Å². The van der Waals surface area contributed by atoms with Crippen LogP contribution < -0.4 is 15.8 Å². The maximum absolute atomic E-state index is 12.0. The average Bonchev–Trinajstić information content (AvgIpc) is 3.23. The van der Waals surface area contributed by atoms with Crippen molar-refractivity contribution in [2.24, 2.45) is 5.73 Å². The summed E-state index contributed by atoms with van der Waals surface area (Å²) >= 11 is 3.56. The number of ether oxygens (including phenoxy) is 1. The number of para-hydroxylation sites is 1. The number of carbonyl (C=O) groups is 1. The molecule has 1 aliphatic heterocycles. The second-order valence-corrected chi connectivity index (χ2v) is 7.43. The number of rotatable bonds is 7. The van der Waals surface area contributed by atoms with Gasteiger partial charge in [-0.3, -0.25) is 4.79 Å². The molecule has 0 aliphatic carbocycles. The largest absolute Gasteiger partial charge is 0.491 e. The zero-order valence-electron chi connectivity index (χ0n) is 15.6. The molecule has 1 aromatic heterocycles. The van der Waals surface area contributed by atoms with Gasteiger partial charge in [0.2, 0.25) is 11.8 Å². The van der Waals surface area contributed by atoms with Crippen molar-refractivity contribution in [2.75, 3.05) is 13.2 Å². The lowest BCUT2D eigenvalue weighted by molar-refractivity contribution is -0.105. The smallest absolute Gasteiger partial charge is 0.239 e. The Labute approximate surface area is 166 Å². The molecule has 1 aromatic carbocycles. The Kier molecular flexibility index (Phi) is 5.67. The maximum Gasteiger partial charge on any atom is 0.239 e. The van der Waals surface area contributed by atoms with Gasteiger partial charge in [0, 0.05) is 29.8 Å². The van der Waals surface area contributed by atoms with Crippen molar-refractivity contribution in [2.45, 2.75) is 38.6 Å².